The van der Waals surface area contributed by atoms with Crippen molar-refractivity contribution < 1.29 is 8.42 Å². The summed E-state index contributed by atoms with van der Waals surface area (Å²) >= 11 is 3.36. The van der Waals surface area contributed by atoms with Gasteiger partial charge in [-0.1, -0.05) is 35.0 Å². The highest BCUT2D eigenvalue weighted by Crippen LogP contribution is 2.11. The molecule has 1 aromatic carbocycles. The van der Waals surface area contributed by atoms with E-state index >= 15 is 0 Å². The Labute approximate surface area is 117 Å². The number of halogens is 1. The molecule has 0 spiro atoms. The van der Waals surface area contributed by atoms with E-state index in [1.807, 2.05) is 31.2 Å². The fourth-order valence-electron chi connectivity index (χ4n) is 1.48. The third kappa shape index (κ3) is 6.49. The van der Waals surface area contributed by atoms with Gasteiger partial charge in [0.25, 0.3) is 0 Å². The second-order valence-electron chi connectivity index (χ2n) is 3.98. The summed E-state index contributed by atoms with van der Waals surface area (Å²) in [6.45, 7) is 3.93. The van der Waals surface area contributed by atoms with Crippen LogP contribution in [-0.2, 0) is 16.6 Å². The first-order chi connectivity index (χ1) is 8.53. The minimum absolute atomic E-state index is 0.161. The minimum atomic E-state index is -3.18. The Morgan fingerprint density at radius 1 is 1.33 bits per heavy atom. The van der Waals surface area contributed by atoms with Gasteiger partial charge in [-0.3, -0.25) is 0 Å². The highest BCUT2D eigenvalue weighted by atomic mass is 79.9. The first-order valence-electron chi connectivity index (χ1n) is 5.96. The molecule has 102 valence electrons. The molecule has 1 rings (SSSR count). The van der Waals surface area contributed by atoms with Crippen molar-refractivity contribution in [1.29, 1.82) is 0 Å². The molecule has 6 heteroatoms. The molecule has 2 N–H and O–H groups in total. The van der Waals surface area contributed by atoms with Crippen LogP contribution in [-0.4, -0.2) is 27.3 Å². The molecule has 18 heavy (non-hydrogen) atoms. The lowest BCUT2D eigenvalue weighted by Crippen LogP contribution is -2.28. The van der Waals surface area contributed by atoms with Crippen LogP contribution in [0.3, 0.4) is 0 Å². The van der Waals surface area contributed by atoms with Crippen molar-refractivity contribution in [3.8, 4) is 0 Å². The SMILES string of the molecule is CCNCCCS(=O)(=O)NCc1cccc(Br)c1. The number of benzene rings is 1. The lowest BCUT2D eigenvalue weighted by atomic mass is 10.2. The summed E-state index contributed by atoms with van der Waals surface area (Å²) < 4.78 is 27.0. The summed E-state index contributed by atoms with van der Waals surface area (Å²) in [5, 5.41) is 3.10. The van der Waals surface area contributed by atoms with Gasteiger partial charge in [-0.15, -0.1) is 0 Å². The molecule has 0 unspecified atom stereocenters. The quantitative estimate of drug-likeness (QED) is 0.713. The molecule has 0 radical (unpaired) electrons. The van der Waals surface area contributed by atoms with Crippen LogP contribution in [0.25, 0.3) is 0 Å². The normalized spacial score (nSPS) is 11.7. The third-order valence-corrected chi connectivity index (χ3v) is 4.31. The van der Waals surface area contributed by atoms with Crippen molar-refractivity contribution in [3.05, 3.63) is 34.3 Å². The number of hydrogen-bond acceptors (Lipinski definition) is 3. The van der Waals surface area contributed by atoms with E-state index in [-0.39, 0.29) is 5.75 Å². The lowest BCUT2D eigenvalue weighted by molar-refractivity contribution is 0.575. The Kier molecular flexibility index (Phi) is 6.85. The molecule has 0 fully saturated rings. The second-order valence-corrected chi connectivity index (χ2v) is 6.82. The van der Waals surface area contributed by atoms with E-state index in [0.29, 0.717) is 13.0 Å². The maximum absolute atomic E-state index is 11.7. The summed E-state index contributed by atoms with van der Waals surface area (Å²) in [5.41, 5.74) is 0.944. The zero-order chi connectivity index (χ0) is 13.4. The molecule has 1 aromatic rings. The van der Waals surface area contributed by atoms with E-state index in [1.165, 1.54) is 0 Å². The fraction of sp³-hybridized carbons (Fsp3) is 0.500. The van der Waals surface area contributed by atoms with E-state index in [0.717, 1.165) is 23.1 Å². The zero-order valence-electron chi connectivity index (χ0n) is 10.4. The van der Waals surface area contributed by atoms with Crippen LogP contribution in [0.2, 0.25) is 0 Å². The predicted molar refractivity (Wildman–Crippen MR) is 77.9 cm³/mol. The van der Waals surface area contributed by atoms with Gasteiger partial charge in [-0.2, -0.15) is 0 Å². The van der Waals surface area contributed by atoms with Gasteiger partial charge in [-0.05, 0) is 37.2 Å². The average Bonchev–Trinajstić information content (AvgIpc) is 2.33. The van der Waals surface area contributed by atoms with Crippen LogP contribution in [0, 0.1) is 0 Å². The highest BCUT2D eigenvalue weighted by Gasteiger charge is 2.09. The van der Waals surface area contributed by atoms with Crippen LogP contribution in [0.4, 0.5) is 0 Å². The van der Waals surface area contributed by atoms with Crippen molar-refractivity contribution in [2.24, 2.45) is 0 Å². The molecule has 0 amide bonds. The highest BCUT2D eigenvalue weighted by molar-refractivity contribution is 9.10. The molecule has 4 nitrogen and oxygen atoms in total. The van der Waals surface area contributed by atoms with Crippen molar-refractivity contribution >= 4 is 26.0 Å². The van der Waals surface area contributed by atoms with Crippen molar-refractivity contribution in [2.75, 3.05) is 18.8 Å². The monoisotopic (exact) mass is 334 g/mol. The van der Waals surface area contributed by atoms with Gasteiger partial charge in [0.1, 0.15) is 0 Å². The van der Waals surface area contributed by atoms with Crippen LogP contribution in [0.1, 0.15) is 18.9 Å². The molecule has 0 aliphatic rings. The Morgan fingerprint density at radius 2 is 2.11 bits per heavy atom. The van der Waals surface area contributed by atoms with Crippen LogP contribution in [0.15, 0.2) is 28.7 Å². The van der Waals surface area contributed by atoms with Crippen LogP contribution in [0.5, 0.6) is 0 Å². The Hall–Kier alpha value is -0.430. The van der Waals surface area contributed by atoms with Crippen LogP contribution < -0.4 is 10.0 Å². The van der Waals surface area contributed by atoms with Crippen molar-refractivity contribution in [3.63, 3.8) is 0 Å². The molecule has 0 aliphatic carbocycles. The predicted octanol–water partition coefficient (Wildman–Crippen LogP) is 1.87. The molecular formula is C12H19BrN2O2S. The molecule has 0 heterocycles. The van der Waals surface area contributed by atoms with E-state index in [9.17, 15) is 8.42 Å². The van der Waals surface area contributed by atoms with E-state index < -0.39 is 10.0 Å². The molecule has 0 aliphatic heterocycles. The summed E-state index contributed by atoms with van der Waals surface area (Å²) in [5.74, 6) is 0.161. The van der Waals surface area contributed by atoms with Gasteiger partial charge < -0.3 is 5.32 Å². The second kappa shape index (κ2) is 7.89. The lowest BCUT2D eigenvalue weighted by Gasteiger charge is -2.07. The van der Waals surface area contributed by atoms with Gasteiger partial charge in [0.15, 0.2) is 0 Å². The smallest absolute Gasteiger partial charge is 0.211 e. The maximum Gasteiger partial charge on any atom is 0.211 e. The number of hydrogen-bond donors (Lipinski definition) is 2. The van der Waals surface area contributed by atoms with E-state index in [2.05, 4.69) is 26.0 Å². The minimum Gasteiger partial charge on any atom is -0.317 e. The first-order valence-corrected chi connectivity index (χ1v) is 8.40. The molecule has 0 aromatic heterocycles. The van der Waals surface area contributed by atoms with Crippen molar-refractivity contribution in [2.45, 2.75) is 19.9 Å². The summed E-state index contributed by atoms with van der Waals surface area (Å²) in [4.78, 5) is 0. The molecule has 0 atom stereocenters. The summed E-state index contributed by atoms with van der Waals surface area (Å²) in [6.07, 6.45) is 0.627. The Morgan fingerprint density at radius 3 is 2.78 bits per heavy atom. The topological polar surface area (TPSA) is 58.2 Å². The zero-order valence-corrected chi connectivity index (χ0v) is 12.9. The molecule has 0 saturated heterocycles. The van der Waals surface area contributed by atoms with Crippen LogP contribution >= 0.6 is 15.9 Å². The van der Waals surface area contributed by atoms with Gasteiger partial charge in [-0.25, -0.2) is 13.1 Å². The Bertz CT molecular complexity index is 463. The standard InChI is InChI=1S/C12H19BrN2O2S/c1-2-14-7-4-8-18(16,17)15-10-11-5-3-6-12(13)9-11/h3,5-6,9,14-15H,2,4,7-8,10H2,1H3. The number of sulfonamides is 1. The van der Waals surface area contributed by atoms with Gasteiger partial charge in [0.05, 0.1) is 5.75 Å². The van der Waals surface area contributed by atoms with E-state index in [4.69, 9.17) is 0 Å². The largest absolute Gasteiger partial charge is 0.317 e. The number of nitrogens with one attached hydrogen (secondary N) is 2. The van der Waals surface area contributed by atoms with E-state index in [1.54, 1.807) is 0 Å². The molecule has 0 saturated carbocycles. The van der Waals surface area contributed by atoms with Gasteiger partial charge in [0, 0.05) is 11.0 Å². The maximum atomic E-state index is 11.7. The van der Waals surface area contributed by atoms with Crippen molar-refractivity contribution in [1.82, 2.24) is 10.0 Å². The van der Waals surface area contributed by atoms with Gasteiger partial charge in [0.2, 0.25) is 10.0 Å². The Balaban J connectivity index is 2.37. The summed E-state index contributed by atoms with van der Waals surface area (Å²) in [7, 11) is -3.18. The van der Waals surface area contributed by atoms with Gasteiger partial charge >= 0.3 is 0 Å². The third-order valence-electron chi connectivity index (χ3n) is 2.40. The molecule has 0 bridgehead atoms. The fourth-order valence-corrected chi connectivity index (χ4v) is 2.98. The average molecular weight is 335 g/mol. The first kappa shape index (κ1) is 15.6. The number of rotatable bonds is 8. The summed E-state index contributed by atoms with van der Waals surface area (Å²) in [6, 6.07) is 7.60. The molecular weight excluding hydrogens is 316 g/mol.